The molecule has 0 bridgehead atoms. The zero-order valence-electron chi connectivity index (χ0n) is 15.0. The van der Waals surface area contributed by atoms with E-state index in [9.17, 15) is 15.2 Å². The minimum atomic E-state index is -0.439. The molecule has 0 atom stereocenters. The number of para-hydroxylation sites is 1. The van der Waals surface area contributed by atoms with E-state index in [1.54, 1.807) is 36.4 Å². The summed E-state index contributed by atoms with van der Waals surface area (Å²) in [6.45, 7) is 2.13. The van der Waals surface area contributed by atoms with Crippen molar-refractivity contribution in [2.24, 2.45) is 4.99 Å². The van der Waals surface area contributed by atoms with Crippen LogP contribution in [0, 0.1) is 10.1 Å². The standard InChI is InChI=1S/C21H20N2O4/c1-2-3-6-15-9-11-20(24)18(13-15)22-14-16-10-12-21(27-16)17-7-4-5-8-19(17)23(25)26/h4-5,7-14,24H,2-3,6H2,1H3. The van der Waals surface area contributed by atoms with Gasteiger partial charge in [0, 0.05) is 6.07 Å². The fraction of sp³-hybridized carbons (Fsp3) is 0.190. The maximum absolute atomic E-state index is 11.2. The molecule has 0 unspecified atom stereocenters. The van der Waals surface area contributed by atoms with Crippen molar-refractivity contribution in [1.82, 2.24) is 0 Å². The number of aryl methyl sites for hydroxylation is 1. The maximum atomic E-state index is 11.2. The lowest BCUT2D eigenvalue weighted by atomic mass is 10.1. The van der Waals surface area contributed by atoms with Gasteiger partial charge in [-0.2, -0.15) is 0 Å². The first-order chi connectivity index (χ1) is 13.1. The summed E-state index contributed by atoms with van der Waals surface area (Å²) >= 11 is 0. The van der Waals surface area contributed by atoms with Crippen LogP contribution in [0.15, 0.2) is 64.0 Å². The van der Waals surface area contributed by atoms with Gasteiger partial charge in [-0.25, -0.2) is 4.99 Å². The number of hydrogen-bond donors (Lipinski definition) is 1. The monoisotopic (exact) mass is 364 g/mol. The van der Waals surface area contributed by atoms with E-state index >= 15 is 0 Å². The number of aromatic hydroxyl groups is 1. The quantitative estimate of drug-likeness (QED) is 0.333. The van der Waals surface area contributed by atoms with Crippen LogP contribution in [0.3, 0.4) is 0 Å². The van der Waals surface area contributed by atoms with E-state index in [0.29, 0.717) is 22.8 Å². The van der Waals surface area contributed by atoms with Gasteiger partial charge in [0.25, 0.3) is 5.69 Å². The molecule has 1 heterocycles. The van der Waals surface area contributed by atoms with E-state index in [4.69, 9.17) is 4.42 Å². The number of furan rings is 1. The minimum absolute atomic E-state index is 0.0170. The van der Waals surface area contributed by atoms with Gasteiger partial charge in [0.05, 0.1) is 16.7 Å². The normalized spacial score (nSPS) is 11.1. The Morgan fingerprint density at radius 1 is 1.19 bits per heavy atom. The molecule has 3 aromatic rings. The smallest absolute Gasteiger partial charge is 0.280 e. The molecule has 1 N–H and O–H groups in total. The molecule has 138 valence electrons. The third kappa shape index (κ3) is 4.41. The van der Waals surface area contributed by atoms with E-state index < -0.39 is 4.92 Å². The van der Waals surface area contributed by atoms with Crippen molar-refractivity contribution >= 4 is 17.6 Å². The molecule has 0 saturated carbocycles. The number of phenols is 1. The largest absolute Gasteiger partial charge is 0.506 e. The molecule has 0 fully saturated rings. The summed E-state index contributed by atoms with van der Waals surface area (Å²) in [6, 6.07) is 15.1. The van der Waals surface area contributed by atoms with Gasteiger partial charge in [0.1, 0.15) is 23.0 Å². The molecule has 2 aromatic carbocycles. The summed E-state index contributed by atoms with van der Waals surface area (Å²) in [7, 11) is 0. The molecule has 1 aromatic heterocycles. The van der Waals surface area contributed by atoms with Gasteiger partial charge in [-0.3, -0.25) is 10.1 Å². The van der Waals surface area contributed by atoms with Crippen molar-refractivity contribution in [1.29, 1.82) is 0 Å². The van der Waals surface area contributed by atoms with Gasteiger partial charge in [0.15, 0.2) is 0 Å². The molecule has 0 aliphatic heterocycles. The van der Waals surface area contributed by atoms with Crippen LogP contribution in [-0.2, 0) is 6.42 Å². The number of nitro benzene ring substituents is 1. The van der Waals surface area contributed by atoms with Crippen LogP contribution in [0.4, 0.5) is 11.4 Å². The van der Waals surface area contributed by atoms with Gasteiger partial charge in [-0.05, 0) is 48.7 Å². The molecular formula is C21H20N2O4. The zero-order chi connectivity index (χ0) is 19.2. The SMILES string of the molecule is CCCCc1ccc(O)c(N=Cc2ccc(-c3ccccc3[N+](=O)[O-])o2)c1. The topological polar surface area (TPSA) is 88.9 Å². The molecule has 0 aliphatic rings. The predicted octanol–water partition coefficient (Wildman–Crippen LogP) is 5.65. The fourth-order valence-corrected chi connectivity index (χ4v) is 2.75. The fourth-order valence-electron chi connectivity index (χ4n) is 2.75. The summed E-state index contributed by atoms with van der Waals surface area (Å²) in [5, 5.41) is 21.2. The number of nitrogens with zero attached hydrogens (tertiary/aromatic N) is 2. The molecule has 0 amide bonds. The van der Waals surface area contributed by atoms with Crippen molar-refractivity contribution in [2.75, 3.05) is 0 Å². The first-order valence-corrected chi connectivity index (χ1v) is 8.78. The average molecular weight is 364 g/mol. The second kappa shape index (κ2) is 8.31. The lowest BCUT2D eigenvalue weighted by Gasteiger charge is -2.03. The molecule has 0 spiro atoms. The van der Waals surface area contributed by atoms with E-state index in [0.717, 1.165) is 24.8 Å². The minimum Gasteiger partial charge on any atom is -0.506 e. The number of hydrogen-bond acceptors (Lipinski definition) is 5. The first-order valence-electron chi connectivity index (χ1n) is 8.78. The maximum Gasteiger partial charge on any atom is 0.280 e. The summed E-state index contributed by atoms with van der Waals surface area (Å²) in [6.07, 6.45) is 4.60. The molecule has 0 aliphatic carbocycles. The van der Waals surface area contributed by atoms with E-state index in [-0.39, 0.29) is 11.4 Å². The number of aliphatic imine (C=N–C) groups is 1. The summed E-state index contributed by atoms with van der Waals surface area (Å²) in [5.41, 5.74) is 1.97. The molecule has 6 heteroatoms. The first kappa shape index (κ1) is 18.4. The van der Waals surface area contributed by atoms with Gasteiger partial charge in [-0.15, -0.1) is 0 Å². The number of benzene rings is 2. The third-order valence-corrected chi connectivity index (χ3v) is 4.18. The van der Waals surface area contributed by atoms with Gasteiger partial charge >= 0.3 is 0 Å². The van der Waals surface area contributed by atoms with Crippen LogP contribution >= 0.6 is 0 Å². The van der Waals surface area contributed by atoms with Gasteiger partial charge in [-0.1, -0.05) is 31.5 Å². The Labute approximate surface area is 157 Å². The van der Waals surface area contributed by atoms with Crippen molar-refractivity contribution in [2.45, 2.75) is 26.2 Å². The number of unbranched alkanes of at least 4 members (excludes halogenated alkanes) is 1. The predicted molar refractivity (Wildman–Crippen MR) is 105 cm³/mol. The van der Waals surface area contributed by atoms with Crippen LogP contribution in [-0.4, -0.2) is 16.2 Å². The summed E-state index contributed by atoms with van der Waals surface area (Å²) < 4.78 is 5.68. The van der Waals surface area contributed by atoms with Gasteiger partial charge < -0.3 is 9.52 Å². The highest BCUT2D eigenvalue weighted by molar-refractivity contribution is 5.81. The molecule has 3 rings (SSSR count). The van der Waals surface area contributed by atoms with Crippen molar-refractivity contribution in [3.63, 3.8) is 0 Å². The Morgan fingerprint density at radius 3 is 2.78 bits per heavy atom. The second-order valence-corrected chi connectivity index (χ2v) is 6.16. The zero-order valence-corrected chi connectivity index (χ0v) is 15.0. The molecular weight excluding hydrogens is 344 g/mol. The van der Waals surface area contributed by atoms with Crippen molar-refractivity contribution in [3.8, 4) is 17.1 Å². The van der Waals surface area contributed by atoms with Crippen LogP contribution in [0.2, 0.25) is 0 Å². The Hall–Kier alpha value is -3.41. The van der Waals surface area contributed by atoms with Crippen LogP contribution in [0.5, 0.6) is 5.75 Å². The van der Waals surface area contributed by atoms with Crippen LogP contribution in [0.25, 0.3) is 11.3 Å². The molecule has 27 heavy (non-hydrogen) atoms. The number of nitro groups is 1. The third-order valence-electron chi connectivity index (χ3n) is 4.18. The van der Waals surface area contributed by atoms with E-state index in [2.05, 4.69) is 11.9 Å². The number of phenolic OH excluding ortho intramolecular Hbond substituents is 1. The average Bonchev–Trinajstić information content (AvgIpc) is 3.15. The highest BCUT2D eigenvalue weighted by Gasteiger charge is 2.16. The van der Waals surface area contributed by atoms with E-state index in [1.807, 2.05) is 12.1 Å². The molecule has 0 saturated heterocycles. The Balaban J connectivity index is 1.83. The van der Waals surface area contributed by atoms with Gasteiger partial charge in [0.2, 0.25) is 0 Å². The lowest BCUT2D eigenvalue weighted by molar-refractivity contribution is -0.384. The van der Waals surface area contributed by atoms with Crippen molar-refractivity contribution in [3.05, 3.63) is 76.0 Å². The molecule has 0 radical (unpaired) electrons. The summed E-state index contributed by atoms with van der Waals surface area (Å²) in [4.78, 5) is 15.0. The highest BCUT2D eigenvalue weighted by Crippen LogP contribution is 2.31. The van der Waals surface area contributed by atoms with Crippen LogP contribution in [0.1, 0.15) is 31.1 Å². The van der Waals surface area contributed by atoms with Crippen molar-refractivity contribution < 1.29 is 14.4 Å². The van der Waals surface area contributed by atoms with Crippen LogP contribution < -0.4 is 0 Å². The Bertz CT molecular complexity index is 976. The Kier molecular flexibility index (Phi) is 5.66. The second-order valence-electron chi connectivity index (χ2n) is 6.16. The Morgan fingerprint density at radius 2 is 2.00 bits per heavy atom. The highest BCUT2D eigenvalue weighted by atomic mass is 16.6. The van der Waals surface area contributed by atoms with E-state index in [1.165, 1.54) is 12.3 Å². The number of rotatable bonds is 7. The lowest BCUT2D eigenvalue weighted by Crippen LogP contribution is -1.90. The summed E-state index contributed by atoms with van der Waals surface area (Å²) in [5.74, 6) is 0.933. The molecule has 6 nitrogen and oxygen atoms in total.